The highest BCUT2D eigenvalue weighted by atomic mass is 32.1. The van der Waals surface area contributed by atoms with Crippen molar-refractivity contribution in [3.05, 3.63) is 12.7 Å². The number of imidazole rings is 1. The third-order valence-corrected chi connectivity index (χ3v) is 3.58. The van der Waals surface area contributed by atoms with Crippen LogP contribution in [0.4, 0.5) is 5.82 Å². The molecule has 10 nitrogen and oxygen atoms in total. The zero-order valence-corrected chi connectivity index (χ0v) is 11.5. The molecule has 1 aliphatic heterocycles. The van der Waals surface area contributed by atoms with Crippen LogP contribution in [0.15, 0.2) is 12.7 Å². The second-order valence-corrected chi connectivity index (χ2v) is 4.72. The molecule has 1 fully saturated rings. The van der Waals surface area contributed by atoms with E-state index in [9.17, 15) is 5.11 Å². The van der Waals surface area contributed by atoms with Gasteiger partial charge in [-0.15, -0.1) is 0 Å². The molecule has 0 aliphatic carbocycles. The van der Waals surface area contributed by atoms with E-state index in [1.165, 1.54) is 12.7 Å². The molecule has 3 heterocycles. The Hall–Kier alpha value is -1.50. The Labute approximate surface area is 124 Å². The van der Waals surface area contributed by atoms with Crippen molar-refractivity contribution in [2.75, 3.05) is 12.3 Å². The Balaban J connectivity index is 1.99. The van der Waals surface area contributed by atoms with E-state index in [1.54, 1.807) is 4.57 Å². The molecule has 3 rings (SSSR count). The van der Waals surface area contributed by atoms with Gasteiger partial charge in [0.2, 0.25) is 0 Å². The van der Waals surface area contributed by atoms with Crippen LogP contribution in [0.3, 0.4) is 0 Å². The normalized spacial score (nSPS) is 29.3. The van der Waals surface area contributed by atoms with Crippen molar-refractivity contribution in [3.63, 3.8) is 0 Å². The Bertz CT molecular complexity index is 639. The van der Waals surface area contributed by atoms with Crippen molar-refractivity contribution >= 4 is 29.9 Å². The van der Waals surface area contributed by atoms with Crippen molar-refractivity contribution in [2.45, 2.75) is 24.5 Å². The summed E-state index contributed by atoms with van der Waals surface area (Å²) < 4.78 is 12.1. The van der Waals surface area contributed by atoms with Gasteiger partial charge in [0.15, 0.2) is 17.7 Å². The highest BCUT2D eigenvalue weighted by Gasteiger charge is 2.46. The molecular formula is C10H13N5O5S. The summed E-state index contributed by atoms with van der Waals surface area (Å²) in [6, 6.07) is 0. The van der Waals surface area contributed by atoms with Crippen LogP contribution in [-0.2, 0) is 13.8 Å². The van der Waals surface area contributed by atoms with Gasteiger partial charge in [-0.3, -0.25) is 9.82 Å². The van der Waals surface area contributed by atoms with Crippen molar-refractivity contribution in [3.8, 4) is 0 Å². The number of nitrogen functional groups attached to an aromatic ring is 1. The highest BCUT2D eigenvalue weighted by Crippen LogP contribution is 2.34. The van der Waals surface area contributed by atoms with E-state index in [0.717, 1.165) is 0 Å². The number of anilines is 1. The third-order valence-electron chi connectivity index (χ3n) is 3.33. The average Bonchev–Trinajstić information content (AvgIpc) is 3.02. The van der Waals surface area contributed by atoms with Gasteiger partial charge in [0.25, 0.3) is 0 Å². The van der Waals surface area contributed by atoms with E-state index in [2.05, 4.69) is 32.7 Å². The molecule has 4 unspecified atom stereocenters. The Morgan fingerprint density at radius 3 is 2.95 bits per heavy atom. The number of rotatable bonds is 4. The number of aromatic nitrogens is 4. The van der Waals surface area contributed by atoms with Gasteiger partial charge in [0, 0.05) is 0 Å². The molecule has 0 aromatic carbocycles. The molecule has 4 N–H and O–H groups in total. The van der Waals surface area contributed by atoms with E-state index in [4.69, 9.17) is 19.9 Å². The van der Waals surface area contributed by atoms with E-state index in [0.29, 0.717) is 11.2 Å². The molecule has 0 spiro atoms. The van der Waals surface area contributed by atoms with Crippen LogP contribution in [0.5, 0.6) is 0 Å². The van der Waals surface area contributed by atoms with Gasteiger partial charge in [-0.25, -0.2) is 19.8 Å². The SMILES string of the molecule is Nc1ncnc2c1ncn2C1OC(COO)C(O)C1OS. The number of ether oxygens (including phenoxy) is 1. The van der Waals surface area contributed by atoms with E-state index >= 15 is 0 Å². The van der Waals surface area contributed by atoms with Crippen LogP contribution in [-0.4, -0.2) is 54.8 Å². The van der Waals surface area contributed by atoms with E-state index in [-0.39, 0.29) is 12.4 Å². The maximum atomic E-state index is 10.1. The number of nitrogens with zero attached hydrogens (tertiary/aromatic N) is 4. The van der Waals surface area contributed by atoms with Crippen molar-refractivity contribution < 1.29 is 24.2 Å². The van der Waals surface area contributed by atoms with Crippen LogP contribution < -0.4 is 5.73 Å². The molecule has 0 saturated carbocycles. The maximum Gasteiger partial charge on any atom is 0.167 e. The number of nitrogens with two attached hydrogens (primary N) is 1. The van der Waals surface area contributed by atoms with Gasteiger partial charge in [-0.1, -0.05) is 0 Å². The number of hydrogen-bond acceptors (Lipinski definition) is 10. The lowest BCUT2D eigenvalue weighted by molar-refractivity contribution is -0.264. The standard InChI is InChI=1S/C10H13N5O5S/c11-8-5-9(13-2-12-8)15(3-14-5)10-7(20-21)6(16)4(19-10)1-18-17/h2-4,6-7,10,16-17,21H,1H2,(H2,11,12,13). The molecule has 21 heavy (non-hydrogen) atoms. The minimum Gasteiger partial charge on any atom is -0.387 e. The molecule has 0 bridgehead atoms. The van der Waals surface area contributed by atoms with Crippen LogP contribution in [0, 0.1) is 0 Å². The second kappa shape index (κ2) is 5.71. The summed E-state index contributed by atoms with van der Waals surface area (Å²) in [7, 11) is 0. The molecule has 11 heteroatoms. The molecule has 2 aromatic heterocycles. The van der Waals surface area contributed by atoms with Crippen molar-refractivity contribution in [1.82, 2.24) is 19.5 Å². The molecule has 2 aromatic rings. The lowest BCUT2D eigenvalue weighted by atomic mass is 10.1. The zero-order chi connectivity index (χ0) is 15.0. The summed E-state index contributed by atoms with van der Waals surface area (Å²) in [5.41, 5.74) is 6.56. The summed E-state index contributed by atoms with van der Waals surface area (Å²) in [6.45, 7) is -0.213. The zero-order valence-electron chi connectivity index (χ0n) is 10.6. The second-order valence-electron chi connectivity index (χ2n) is 4.50. The van der Waals surface area contributed by atoms with Gasteiger partial charge in [0.1, 0.15) is 36.8 Å². The maximum absolute atomic E-state index is 10.1. The summed E-state index contributed by atoms with van der Waals surface area (Å²) >= 11 is 3.75. The van der Waals surface area contributed by atoms with Gasteiger partial charge in [0.05, 0.1) is 6.33 Å². The average molecular weight is 315 g/mol. The summed E-state index contributed by atoms with van der Waals surface area (Å²) in [6.07, 6.45) is -0.634. The van der Waals surface area contributed by atoms with Crippen molar-refractivity contribution in [2.24, 2.45) is 0 Å². The number of aliphatic hydroxyl groups excluding tert-OH is 1. The molecule has 4 atom stereocenters. The quantitative estimate of drug-likeness (QED) is 0.252. The van der Waals surface area contributed by atoms with E-state index in [1.807, 2.05) is 0 Å². The fraction of sp³-hybridized carbons (Fsp3) is 0.500. The molecule has 0 amide bonds. The lowest BCUT2D eigenvalue weighted by Gasteiger charge is -2.18. The smallest absolute Gasteiger partial charge is 0.167 e. The van der Waals surface area contributed by atoms with Crippen LogP contribution in [0.1, 0.15) is 6.23 Å². The van der Waals surface area contributed by atoms with Gasteiger partial charge < -0.3 is 19.8 Å². The highest BCUT2D eigenvalue weighted by molar-refractivity contribution is 7.75. The van der Waals surface area contributed by atoms with Gasteiger partial charge >= 0.3 is 0 Å². The summed E-state index contributed by atoms with van der Waals surface area (Å²) in [5, 5.41) is 18.6. The summed E-state index contributed by atoms with van der Waals surface area (Å²) in [4.78, 5) is 16.1. The topological polar surface area (TPSA) is 138 Å². The Kier molecular flexibility index (Phi) is 3.93. The van der Waals surface area contributed by atoms with Crippen LogP contribution in [0.25, 0.3) is 11.2 Å². The fourth-order valence-electron chi connectivity index (χ4n) is 2.32. The van der Waals surface area contributed by atoms with Gasteiger partial charge in [-0.2, -0.15) is 0 Å². The first-order valence-corrected chi connectivity index (χ1v) is 6.37. The first-order chi connectivity index (χ1) is 10.2. The molecule has 1 aliphatic rings. The van der Waals surface area contributed by atoms with Crippen LogP contribution in [0.2, 0.25) is 0 Å². The fourth-order valence-corrected chi connectivity index (χ4v) is 2.55. The van der Waals surface area contributed by atoms with Gasteiger partial charge in [-0.05, 0) is 12.9 Å². The van der Waals surface area contributed by atoms with Crippen LogP contribution >= 0.6 is 12.9 Å². The number of hydrogen-bond donors (Lipinski definition) is 4. The monoisotopic (exact) mass is 315 g/mol. The first-order valence-electron chi connectivity index (χ1n) is 6.00. The number of aliphatic hydroxyl groups is 1. The van der Waals surface area contributed by atoms with E-state index < -0.39 is 24.5 Å². The lowest BCUT2D eigenvalue weighted by Crippen LogP contribution is -2.34. The molecule has 1 saturated heterocycles. The minimum atomic E-state index is -1.05. The minimum absolute atomic E-state index is 0.213. The predicted octanol–water partition coefficient (Wildman–Crippen LogP) is -0.614. The predicted molar refractivity (Wildman–Crippen MR) is 72.1 cm³/mol. The summed E-state index contributed by atoms with van der Waals surface area (Å²) in [5.74, 6) is 0.232. The van der Waals surface area contributed by atoms with Crippen molar-refractivity contribution in [1.29, 1.82) is 0 Å². The number of thiol groups is 1. The molecule has 0 radical (unpaired) electrons. The third kappa shape index (κ3) is 2.33. The first kappa shape index (κ1) is 14.4. The number of fused-ring (bicyclic) bond motifs is 1. The Morgan fingerprint density at radius 2 is 2.24 bits per heavy atom. The molecular weight excluding hydrogens is 302 g/mol. The largest absolute Gasteiger partial charge is 0.387 e. The molecule has 114 valence electrons. The Morgan fingerprint density at radius 1 is 1.43 bits per heavy atom.